The molecule has 1 amide bonds. The van der Waals surface area contributed by atoms with Crippen LogP contribution in [-0.4, -0.2) is 25.0 Å². The second kappa shape index (κ2) is 6.81. The summed E-state index contributed by atoms with van der Waals surface area (Å²) in [5, 5.41) is 11.4. The zero-order valence-corrected chi connectivity index (χ0v) is 11.7. The van der Waals surface area contributed by atoms with Crippen LogP contribution in [0.2, 0.25) is 0 Å². The van der Waals surface area contributed by atoms with E-state index in [4.69, 9.17) is 10.00 Å². The minimum atomic E-state index is -0.632. The molecule has 108 valence electrons. The van der Waals surface area contributed by atoms with Crippen LogP contribution in [0.4, 0.5) is 4.39 Å². The Labute approximate surface area is 123 Å². The van der Waals surface area contributed by atoms with E-state index in [0.29, 0.717) is 10.3 Å². The summed E-state index contributed by atoms with van der Waals surface area (Å²) >= 11 is 1.17. The van der Waals surface area contributed by atoms with Gasteiger partial charge in [0.05, 0.1) is 12.5 Å². The van der Waals surface area contributed by atoms with E-state index < -0.39 is 18.5 Å². The first kappa shape index (κ1) is 14.9. The molecule has 0 saturated carbocycles. The van der Waals surface area contributed by atoms with E-state index in [1.165, 1.54) is 29.5 Å². The van der Waals surface area contributed by atoms with E-state index in [0.717, 1.165) is 4.70 Å². The summed E-state index contributed by atoms with van der Waals surface area (Å²) in [6.07, 6.45) is 0.196. The van der Waals surface area contributed by atoms with Crippen LogP contribution in [-0.2, 0) is 9.53 Å². The van der Waals surface area contributed by atoms with Crippen molar-refractivity contribution in [3.63, 3.8) is 0 Å². The number of carbonyl (C=O) groups excluding carboxylic acids is 2. The highest BCUT2D eigenvalue weighted by atomic mass is 32.1. The van der Waals surface area contributed by atoms with Crippen molar-refractivity contribution in [3.8, 4) is 6.07 Å². The van der Waals surface area contributed by atoms with Crippen LogP contribution < -0.4 is 5.32 Å². The van der Waals surface area contributed by atoms with Gasteiger partial charge in [-0.05, 0) is 29.7 Å². The first-order valence-electron chi connectivity index (χ1n) is 6.10. The molecule has 0 unspecified atom stereocenters. The van der Waals surface area contributed by atoms with Gasteiger partial charge in [0.1, 0.15) is 10.7 Å². The average Bonchev–Trinajstić information content (AvgIpc) is 2.88. The standard InChI is InChI=1S/C14H11FN2O3S/c15-10-2-3-11-9(6-10)7-12(21-11)14(19)20-8-13(18)17-5-1-4-16/h2-3,6-7H,1,5,8H2,(H,17,18). The Morgan fingerprint density at radius 1 is 1.38 bits per heavy atom. The fraction of sp³-hybridized carbons (Fsp3) is 0.214. The van der Waals surface area contributed by atoms with E-state index in [9.17, 15) is 14.0 Å². The number of nitrogens with one attached hydrogen (secondary N) is 1. The van der Waals surface area contributed by atoms with Gasteiger partial charge in [-0.3, -0.25) is 4.79 Å². The fourth-order valence-electron chi connectivity index (χ4n) is 1.63. The number of esters is 1. The predicted octanol–water partition coefficient (Wildman–Crippen LogP) is 2.23. The number of nitriles is 1. The number of benzene rings is 1. The van der Waals surface area contributed by atoms with E-state index in [1.807, 2.05) is 6.07 Å². The lowest BCUT2D eigenvalue weighted by Gasteiger charge is -2.03. The van der Waals surface area contributed by atoms with Crippen molar-refractivity contribution >= 4 is 33.3 Å². The minimum absolute atomic E-state index is 0.196. The molecule has 1 aromatic heterocycles. The zero-order chi connectivity index (χ0) is 15.2. The van der Waals surface area contributed by atoms with Gasteiger partial charge in [-0.1, -0.05) is 0 Å². The maximum atomic E-state index is 13.1. The molecule has 21 heavy (non-hydrogen) atoms. The molecule has 7 heteroatoms. The highest BCUT2D eigenvalue weighted by molar-refractivity contribution is 7.20. The summed E-state index contributed by atoms with van der Waals surface area (Å²) in [6, 6.07) is 7.64. The highest BCUT2D eigenvalue weighted by Crippen LogP contribution is 2.26. The smallest absolute Gasteiger partial charge is 0.348 e. The molecule has 0 aliphatic rings. The molecule has 1 aromatic carbocycles. The normalized spacial score (nSPS) is 10.1. The van der Waals surface area contributed by atoms with Crippen LogP contribution >= 0.6 is 11.3 Å². The van der Waals surface area contributed by atoms with Gasteiger partial charge in [0.25, 0.3) is 5.91 Å². The van der Waals surface area contributed by atoms with E-state index in [1.54, 1.807) is 6.07 Å². The van der Waals surface area contributed by atoms with Gasteiger partial charge in [0, 0.05) is 11.2 Å². The molecule has 0 fully saturated rings. The molecule has 1 N–H and O–H groups in total. The van der Waals surface area contributed by atoms with Gasteiger partial charge in [0.15, 0.2) is 6.61 Å². The van der Waals surface area contributed by atoms with Crippen LogP contribution in [0.5, 0.6) is 0 Å². The Morgan fingerprint density at radius 2 is 2.19 bits per heavy atom. The van der Waals surface area contributed by atoms with E-state index in [-0.39, 0.29) is 18.8 Å². The highest BCUT2D eigenvalue weighted by Gasteiger charge is 2.13. The average molecular weight is 306 g/mol. The quantitative estimate of drug-likeness (QED) is 0.678. The number of ether oxygens (including phenoxy) is 1. The molecule has 0 saturated heterocycles. The molecule has 5 nitrogen and oxygen atoms in total. The summed E-state index contributed by atoms with van der Waals surface area (Å²) < 4.78 is 18.7. The first-order valence-corrected chi connectivity index (χ1v) is 6.91. The molecule has 0 bridgehead atoms. The Balaban J connectivity index is 1.93. The van der Waals surface area contributed by atoms with Gasteiger partial charge in [-0.2, -0.15) is 5.26 Å². The van der Waals surface area contributed by atoms with Gasteiger partial charge < -0.3 is 10.1 Å². The monoisotopic (exact) mass is 306 g/mol. The Kier molecular flexibility index (Phi) is 4.85. The third-order valence-electron chi connectivity index (χ3n) is 2.57. The van der Waals surface area contributed by atoms with Crippen molar-refractivity contribution in [1.29, 1.82) is 5.26 Å². The molecular weight excluding hydrogens is 295 g/mol. The van der Waals surface area contributed by atoms with Gasteiger partial charge in [-0.25, -0.2) is 9.18 Å². The number of amides is 1. The third-order valence-corrected chi connectivity index (χ3v) is 3.67. The molecular formula is C14H11FN2O3S. The van der Waals surface area contributed by atoms with Crippen molar-refractivity contribution in [2.45, 2.75) is 6.42 Å². The second-order valence-electron chi connectivity index (χ2n) is 4.13. The van der Waals surface area contributed by atoms with Crippen LogP contribution in [0, 0.1) is 17.1 Å². The van der Waals surface area contributed by atoms with Crippen molar-refractivity contribution in [1.82, 2.24) is 5.32 Å². The van der Waals surface area contributed by atoms with Crippen molar-refractivity contribution < 1.29 is 18.7 Å². The van der Waals surface area contributed by atoms with Gasteiger partial charge in [0.2, 0.25) is 0 Å². The lowest BCUT2D eigenvalue weighted by molar-refractivity contribution is -0.124. The number of hydrogen-bond acceptors (Lipinski definition) is 5. The van der Waals surface area contributed by atoms with Crippen LogP contribution in [0.15, 0.2) is 24.3 Å². The number of rotatable bonds is 5. The molecule has 0 radical (unpaired) electrons. The molecule has 0 spiro atoms. The summed E-state index contributed by atoms with van der Waals surface area (Å²) in [7, 11) is 0. The molecule has 0 atom stereocenters. The number of hydrogen-bond donors (Lipinski definition) is 1. The van der Waals surface area contributed by atoms with E-state index in [2.05, 4.69) is 5.32 Å². The SMILES string of the molecule is N#CCCNC(=O)COC(=O)c1cc2cc(F)ccc2s1. The molecule has 0 aliphatic carbocycles. The maximum Gasteiger partial charge on any atom is 0.348 e. The van der Waals surface area contributed by atoms with Crippen molar-refractivity contribution in [2.24, 2.45) is 0 Å². The van der Waals surface area contributed by atoms with Crippen LogP contribution in [0.25, 0.3) is 10.1 Å². The zero-order valence-electron chi connectivity index (χ0n) is 10.9. The third kappa shape index (κ3) is 4.00. The van der Waals surface area contributed by atoms with Crippen LogP contribution in [0.1, 0.15) is 16.1 Å². The topological polar surface area (TPSA) is 79.2 Å². The number of carbonyl (C=O) groups is 2. The molecule has 2 rings (SSSR count). The van der Waals surface area contributed by atoms with Crippen LogP contribution in [0.3, 0.4) is 0 Å². The summed E-state index contributed by atoms with van der Waals surface area (Å²) in [4.78, 5) is 23.4. The Hall–Kier alpha value is -2.46. The number of halogens is 1. The fourth-order valence-corrected chi connectivity index (χ4v) is 2.56. The Morgan fingerprint density at radius 3 is 2.95 bits per heavy atom. The minimum Gasteiger partial charge on any atom is -0.451 e. The largest absolute Gasteiger partial charge is 0.451 e. The number of nitrogens with zero attached hydrogens (tertiary/aromatic N) is 1. The Bertz CT molecular complexity index is 721. The van der Waals surface area contributed by atoms with E-state index >= 15 is 0 Å². The lowest BCUT2D eigenvalue weighted by Crippen LogP contribution is -2.29. The summed E-state index contributed by atoms with van der Waals surface area (Å²) in [5.74, 6) is -1.48. The first-order chi connectivity index (χ1) is 10.1. The molecule has 0 aliphatic heterocycles. The van der Waals surface area contributed by atoms with Crippen molar-refractivity contribution in [3.05, 3.63) is 35.0 Å². The predicted molar refractivity (Wildman–Crippen MR) is 75.3 cm³/mol. The molecule has 2 aromatic rings. The maximum absolute atomic E-state index is 13.1. The van der Waals surface area contributed by atoms with Crippen molar-refractivity contribution in [2.75, 3.05) is 13.2 Å². The number of thiophene rings is 1. The summed E-state index contributed by atoms with van der Waals surface area (Å²) in [5.41, 5.74) is 0. The molecule has 1 heterocycles. The second-order valence-corrected chi connectivity index (χ2v) is 5.21. The number of fused-ring (bicyclic) bond motifs is 1. The lowest BCUT2D eigenvalue weighted by atomic mass is 10.2. The summed E-state index contributed by atoms with van der Waals surface area (Å²) in [6.45, 7) is -0.193. The van der Waals surface area contributed by atoms with Gasteiger partial charge >= 0.3 is 5.97 Å². The van der Waals surface area contributed by atoms with Gasteiger partial charge in [-0.15, -0.1) is 11.3 Å².